The van der Waals surface area contributed by atoms with Crippen LogP contribution in [0.3, 0.4) is 0 Å². The molecule has 2 saturated heterocycles. The van der Waals surface area contributed by atoms with Crippen molar-refractivity contribution in [2.45, 2.75) is 25.7 Å². The number of carboxylic acid groups (broad SMARTS) is 1. The van der Waals surface area contributed by atoms with Gasteiger partial charge in [0.2, 0.25) is 5.91 Å². The van der Waals surface area contributed by atoms with Crippen LogP contribution >= 0.6 is 0 Å². The van der Waals surface area contributed by atoms with Crippen LogP contribution in [0, 0.1) is 11.8 Å². The lowest BCUT2D eigenvalue weighted by Crippen LogP contribution is -2.49. The van der Waals surface area contributed by atoms with E-state index in [-0.39, 0.29) is 23.8 Å². The Morgan fingerprint density at radius 2 is 1.62 bits per heavy atom. The fraction of sp³-hybridized carbons (Fsp3) is 0.526. The quantitative estimate of drug-likeness (QED) is 0.866. The van der Waals surface area contributed by atoms with E-state index in [9.17, 15) is 14.4 Å². The normalized spacial score (nSPS) is 21.3. The molecule has 1 atom stereocenters. The summed E-state index contributed by atoms with van der Waals surface area (Å²) in [4.78, 5) is 39.7. The molecule has 0 radical (unpaired) electrons. The maximum absolute atomic E-state index is 12.8. The number of piperidine rings is 2. The monoisotopic (exact) mass is 359 g/mol. The van der Waals surface area contributed by atoms with Crippen molar-refractivity contribution < 1.29 is 19.5 Å². The van der Waals surface area contributed by atoms with Crippen molar-refractivity contribution in [3.05, 3.63) is 30.3 Å². The lowest BCUT2D eigenvalue weighted by Gasteiger charge is -2.37. The largest absolute Gasteiger partial charge is 0.481 e. The molecule has 2 aliphatic heterocycles. The number of para-hydroxylation sites is 1. The number of rotatable bonds is 3. The summed E-state index contributed by atoms with van der Waals surface area (Å²) in [6.45, 7) is 2.03. The predicted molar refractivity (Wildman–Crippen MR) is 96.7 cm³/mol. The Hall–Kier alpha value is -2.57. The van der Waals surface area contributed by atoms with Crippen LogP contribution in [0.2, 0.25) is 0 Å². The van der Waals surface area contributed by atoms with Crippen LogP contribution in [0.15, 0.2) is 30.3 Å². The van der Waals surface area contributed by atoms with Gasteiger partial charge in [0.1, 0.15) is 0 Å². The first kappa shape index (κ1) is 18.2. The zero-order valence-corrected chi connectivity index (χ0v) is 14.8. The molecule has 2 N–H and O–H groups in total. The molecule has 2 fully saturated rings. The van der Waals surface area contributed by atoms with Crippen LogP contribution in [0.1, 0.15) is 25.7 Å². The van der Waals surface area contributed by atoms with E-state index in [1.807, 2.05) is 30.3 Å². The van der Waals surface area contributed by atoms with E-state index >= 15 is 0 Å². The first-order valence-electron chi connectivity index (χ1n) is 9.17. The number of urea groups is 1. The van der Waals surface area contributed by atoms with Crippen LogP contribution in [-0.4, -0.2) is 59.0 Å². The Morgan fingerprint density at radius 1 is 0.923 bits per heavy atom. The molecule has 0 saturated carbocycles. The fourth-order valence-corrected chi connectivity index (χ4v) is 3.69. The van der Waals surface area contributed by atoms with Crippen molar-refractivity contribution in [1.29, 1.82) is 0 Å². The highest BCUT2D eigenvalue weighted by Crippen LogP contribution is 2.24. The van der Waals surface area contributed by atoms with Gasteiger partial charge in [-0.1, -0.05) is 18.2 Å². The Kier molecular flexibility index (Phi) is 5.75. The average molecular weight is 359 g/mol. The Bertz CT molecular complexity index is 656. The van der Waals surface area contributed by atoms with E-state index in [2.05, 4.69) is 5.32 Å². The van der Waals surface area contributed by atoms with E-state index in [0.717, 1.165) is 18.5 Å². The molecule has 2 heterocycles. The van der Waals surface area contributed by atoms with Gasteiger partial charge in [0.05, 0.1) is 11.8 Å². The summed E-state index contributed by atoms with van der Waals surface area (Å²) in [5.41, 5.74) is 0.738. The fourth-order valence-electron chi connectivity index (χ4n) is 3.69. The van der Waals surface area contributed by atoms with E-state index in [1.54, 1.807) is 9.80 Å². The molecule has 0 aliphatic carbocycles. The van der Waals surface area contributed by atoms with Gasteiger partial charge in [-0.15, -0.1) is 0 Å². The maximum Gasteiger partial charge on any atom is 0.321 e. The van der Waals surface area contributed by atoms with E-state index < -0.39 is 5.97 Å². The smallest absolute Gasteiger partial charge is 0.321 e. The molecule has 7 heteroatoms. The van der Waals surface area contributed by atoms with E-state index in [4.69, 9.17) is 5.11 Å². The number of carbonyl (C=O) groups is 3. The number of anilines is 1. The minimum Gasteiger partial charge on any atom is -0.481 e. The van der Waals surface area contributed by atoms with Gasteiger partial charge in [-0.3, -0.25) is 9.59 Å². The third-order valence-corrected chi connectivity index (χ3v) is 5.24. The van der Waals surface area contributed by atoms with Crippen LogP contribution < -0.4 is 5.32 Å². The zero-order chi connectivity index (χ0) is 18.5. The second-order valence-electron chi connectivity index (χ2n) is 7.02. The molecule has 3 amide bonds. The predicted octanol–water partition coefficient (Wildman–Crippen LogP) is 2.25. The minimum absolute atomic E-state index is 0.0473. The second-order valence-corrected chi connectivity index (χ2v) is 7.02. The Labute approximate surface area is 153 Å². The first-order valence-corrected chi connectivity index (χ1v) is 9.17. The number of carboxylic acids is 1. The molecule has 7 nitrogen and oxygen atoms in total. The lowest BCUT2D eigenvalue weighted by atomic mass is 9.93. The maximum atomic E-state index is 12.8. The van der Waals surface area contributed by atoms with Crippen LogP contribution in [0.4, 0.5) is 10.5 Å². The first-order chi connectivity index (χ1) is 12.5. The number of nitrogens with one attached hydrogen (secondary N) is 1. The Balaban J connectivity index is 1.54. The van der Waals surface area contributed by atoms with E-state index in [0.29, 0.717) is 39.0 Å². The van der Waals surface area contributed by atoms with Crippen LogP contribution in [0.5, 0.6) is 0 Å². The van der Waals surface area contributed by atoms with Crippen LogP contribution in [-0.2, 0) is 9.59 Å². The highest BCUT2D eigenvalue weighted by atomic mass is 16.4. The van der Waals surface area contributed by atoms with Gasteiger partial charge in [-0.2, -0.15) is 0 Å². The molecular formula is C19H25N3O4. The third kappa shape index (κ3) is 4.33. The summed E-state index contributed by atoms with van der Waals surface area (Å²) < 4.78 is 0. The molecule has 1 aromatic rings. The number of carbonyl (C=O) groups excluding carboxylic acids is 2. The van der Waals surface area contributed by atoms with Gasteiger partial charge < -0.3 is 20.2 Å². The summed E-state index contributed by atoms with van der Waals surface area (Å²) in [5.74, 6) is -1.28. The molecule has 26 heavy (non-hydrogen) atoms. The van der Waals surface area contributed by atoms with Crippen molar-refractivity contribution in [3.63, 3.8) is 0 Å². The zero-order valence-electron chi connectivity index (χ0n) is 14.8. The van der Waals surface area contributed by atoms with Gasteiger partial charge in [-0.25, -0.2) is 4.79 Å². The number of hydrogen-bond acceptors (Lipinski definition) is 3. The van der Waals surface area contributed by atoms with Crippen molar-refractivity contribution >= 4 is 23.6 Å². The molecule has 0 bridgehead atoms. The molecule has 140 valence electrons. The second kappa shape index (κ2) is 8.21. The Morgan fingerprint density at radius 3 is 2.27 bits per heavy atom. The van der Waals surface area contributed by atoms with Gasteiger partial charge in [-0.05, 0) is 37.8 Å². The number of aliphatic carboxylic acids is 1. The number of hydrogen-bond donors (Lipinski definition) is 2. The van der Waals surface area contributed by atoms with Gasteiger partial charge >= 0.3 is 12.0 Å². The lowest BCUT2D eigenvalue weighted by molar-refractivity contribution is -0.147. The SMILES string of the molecule is O=C(O)C1CCN(C(=O)C2CCCN(C(=O)Nc3ccccc3)C2)CC1. The minimum atomic E-state index is -0.779. The van der Waals surface area contributed by atoms with Crippen molar-refractivity contribution in [3.8, 4) is 0 Å². The third-order valence-electron chi connectivity index (χ3n) is 5.24. The van der Waals surface area contributed by atoms with Gasteiger partial charge in [0.25, 0.3) is 0 Å². The molecule has 0 aromatic heterocycles. The average Bonchev–Trinajstić information content (AvgIpc) is 2.68. The van der Waals surface area contributed by atoms with Gasteiger partial charge in [0.15, 0.2) is 0 Å². The number of benzene rings is 1. The summed E-state index contributed by atoms with van der Waals surface area (Å²) in [6, 6.07) is 9.09. The van der Waals surface area contributed by atoms with Crippen molar-refractivity contribution in [2.75, 3.05) is 31.5 Å². The highest BCUT2D eigenvalue weighted by Gasteiger charge is 2.34. The summed E-state index contributed by atoms with van der Waals surface area (Å²) in [6.07, 6.45) is 2.58. The summed E-state index contributed by atoms with van der Waals surface area (Å²) >= 11 is 0. The molecule has 1 aromatic carbocycles. The summed E-state index contributed by atoms with van der Waals surface area (Å²) in [7, 11) is 0. The topological polar surface area (TPSA) is 90.0 Å². The molecule has 2 aliphatic rings. The van der Waals surface area contributed by atoms with E-state index in [1.165, 1.54) is 0 Å². The number of amides is 3. The van der Waals surface area contributed by atoms with Crippen LogP contribution in [0.25, 0.3) is 0 Å². The molecule has 1 unspecified atom stereocenters. The number of nitrogens with zero attached hydrogens (tertiary/aromatic N) is 2. The molecular weight excluding hydrogens is 334 g/mol. The molecule has 3 rings (SSSR count). The standard InChI is InChI=1S/C19H25N3O4/c23-17(21-11-8-14(9-12-21)18(24)25)15-5-4-10-22(13-15)19(26)20-16-6-2-1-3-7-16/h1-3,6-7,14-15H,4-5,8-13H2,(H,20,26)(H,24,25). The molecule has 0 spiro atoms. The number of likely N-dealkylation sites (tertiary alicyclic amines) is 2. The highest BCUT2D eigenvalue weighted by molar-refractivity contribution is 5.90. The van der Waals surface area contributed by atoms with Crippen molar-refractivity contribution in [1.82, 2.24) is 9.80 Å². The van der Waals surface area contributed by atoms with Gasteiger partial charge in [0, 0.05) is 31.9 Å². The summed E-state index contributed by atoms with van der Waals surface area (Å²) in [5, 5.41) is 11.9. The van der Waals surface area contributed by atoms with Crippen molar-refractivity contribution in [2.24, 2.45) is 11.8 Å².